The van der Waals surface area contributed by atoms with Crippen molar-refractivity contribution in [3.63, 3.8) is 0 Å². The molecule has 0 radical (unpaired) electrons. The van der Waals surface area contributed by atoms with Crippen LogP contribution in [0.15, 0.2) is 42.5 Å². The minimum absolute atomic E-state index is 0.322. The fourth-order valence-corrected chi connectivity index (χ4v) is 2.85. The van der Waals surface area contributed by atoms with Gasteiger partial charge in [0.2, 0.25) is 0 Å². The molecule has 0 spiro atoms. The Bertz CT molecular complexity index is 566. The van der Waals surface area contributed by atoms with Crippen molar-refractivity contribution in [2.45, 2.75) is 38.5 Å². The maximum absolute atomic E-state index is 5.61. The average molecular weight is 255 g/mol. The van der Waals surface area contributed by atoms with E-state index >= 15 is 0 Å². The highest BCUT2D eigenvalue weighted by molar-refractivity contribution is 5.83. The number of nitrogens with one attached hydrogen (secondary N) is 1. The summed E-state index contributed by atoms with van der Waals surface area (Å²) in [4.78, 5) is 0. The first-order valence-electron chi connectivity index (χ1n) is 7.10. The summed E-state index contributed by atoms with van der Waals surface area (Å²) in [6, 6.07) is 16.1. The Hall–Kier alpha value is -1.38. The highest BCUT2D eigenvalue weighted by atomic mass is 16.5. The Morgan fingerprint density at radius 3 is 2.68 bits per heavy atom. The molecule has 3 rings (SSSR count). The Morgan fingerprint density at radius 2 is 1.95 bits per heavy atom. The van der Waals surface area contributed by atoms with Crippen LogP contribution >= 0.6 is 0 Å². The lowest BCUT2D eigenvalue weighted by molar-refractivity contribution is 0.111. The first-order valence-corrected chi connectivity index (χ1v) is 7.10. The van der Waals surface area contributed by atoms with Gasteiger partial charge in [0.15, 0.2) is 0 Å². The number of fused-ring (bicyclic) bond motifs is 1. The van der Waals surface area contributed by atoms with Crippen LogP contribution in [0.2, 0.25) is 0 Å². The molecule has 19 heavy (non-hydrogen) atoms. The van der Waals surface area contributed by atoms with Crippen molar-refractivity contribution in [1.29, 1.82) is 0 Å². The maximum Gasteiger partial charge on any atom is 0.0700 e. The Balaban J connectivity index is 1.79. The zero-order valence-electron chi connectivity index (χ0n) is 11.6. The Kier molecular flexibility index (Phi) is 3.54. The lowest BCUT2D eigenvalue weighted by Crippen LogP contribution is -2.36. The summed E-state index contributed by atoms with van der Waals surface area (Å²) in [5.74, 6) is 0. The summed E-state index contributed by atoms with van der Waals surface area (Å²) in [6.07, 6.45) is 1.43. The zero-order chi connectivity index (χ0) is 13.2. The third-order valence-electron chi connectivity index (χ3n) is 4.11. The predicted molar refractivity (Wildman–Crippen MR) is 79.3 cm³/mol. The number of rotatable bonds is 3. The van der Waals surface area contributed by atoms with Crippen molar-refractivity contribution in [3.8, 4) is 0 Å². The molecule has 0 amide bonds. The number of hydrogen-bond acceptors (Lipinski definition) is 2. The van der Waals surface area contributed by atoms with E-state index in [9.17, 15) is 0 Å². The van der Waals surface area contributed by atoms with Crippen LogP contribution in [-0.2, 0) is 4.74 Å². The monoisotopic (exact) mass is 255 g/mol. The lowest BCUT2D eigenvalue weighted by atomic mass is 10.0. The van der Waals surface area contributed by atoms with E-state index in [1.54, 1.807) is 0 Å². The zero-order valence-corrected chi connectivity index (χ0v) is 11.6. The molecule has 0 bridgehead atoms. The first-order chi connectivity index (χ1) is 9.24. The molecule has 1 heterocycles. The van der Waals surface area contributed by atoms with Gasteiger partial charge in [-0.3, -0.25) is 0 Å². The third-order valence-corrected chi connectivity index (χ3v) is 4.11. The molecule has 2 aromatic rings. The van der Waals surface area contributed by atoms with Gasteiger partial charge in [0, 0.05) is 18.7 Å². The second-order valence-electron chi connectivity index (χ2n) is 5.47. The summed E-state index contributed by atoms with van der Waals surface area (Å²) in [5, 5.41) is 6.30. The fraction of sp³-hybridized carbons (Fsp3) is 0.412. The van der Waals surface area contributed by atoms with Crippen LogP contribution in [0, 0.1) is 0 Å². The van der Waals surface area contributed by atoms with Gasteiger partial charge in [-0.15, -0.1) is 0 Å². The van der Waals surface area contributed by atoms with Crippen molar-refractivity contribution in [3.05, 3.63) is 48.0 Å². The van der Waals surface area contributed by atoms with Crippen LogP contribution in [0.25, 0.3) is 10.8 Å². The second kappa shape index (κ2) is 5.32. The standard InChI is InChI=1S/C17H21NO/c1-12(18-17-9-10-19-13(17)2)15-8-7-14-5-3-4-6-16(14)11-15/h3-8,11-13,17-18H,9-10H2,1-2H3. The van der Waals surface area contributed by atoms with Gasteiger partial charge in [0.05, 0.1) is 6.10 Å². The molecule has 1 aliphatic heterocycles. The summed E-state index contributed by atoms with van der Waals surface area (Å²) < 4.78 is 5.61. The summed E-state index contributed by atoms with van der Waals surface area (Å²) in [7, 11) is 0. The average Bonchev–Trinajstić information content (AvgIpc) is 2.84. The van der Waals surface area contributed by atoms with Crippen molar-refractivity contribution in [1.82, 2.24) is 5.32 Å². The summed E-state index contributed by atoms with van der Waals surface area (Å²) in [6.45, 7) is 5.26. The number of ether oxygens (including phenoxy) is 1. The van der Waals surface area contributed by atoms with Crippen molar-refractivity contribution >= 4 is 10.8 Å². The highest BCUT2D eigenvalue weighted by Gasteiger charge is 2.25. The molecular weight excluding hydrogens is 234 g/mol. The lowest BCUT2D eigenvalue weighted by Gasteiger charge is -2.22. The number of hydrogen-bond donors (Lipinski definition) is 1. The molecule has 1 aliphatic rings. The molecule has 2 aromatic carbocycles. The molecule has 2 heteroatoms. The number of benzene rings is 2. The van der Waals surface area contributed by atoms with E-state index in [0.717, 1.165) is 13.0 Å². The molecule has 100 valence electrons. The van der Waals surface area contributed by atoms with Crippen LogP contribution in [0.4, 0.5) is 0 Å². The van der Waals surface area contributed by atoms with Gasteiger partial charge in [-0.25, -0.2) is 0 Å². The van der Waals surface area contributed by atoms with E-state index < -0.39 is 0 Å². The van der Waals surface area contributed by atoms with Crippen LogP contribution < -0.4 is 5.32 Å². The van der Waals surface area contributed by atoms with Crippen LogP contribution in [0.5, 0.6) is 0 Å². The Labute approximate surface area is 114 Å². The quantitative estimate of drug-likeness (QED) is 0.903. The van der Waals surface area contributed by atoms with Gasteiger partial charge in [0.1, 0.15) is 0 Å². The van der Waals surface area contributed by atoms with Crippen molar-refractivity contribution in [2.75, 3.05) is 6.61 Å². The van der Waals surface area contributed by atoms with Gasteiger partial charge in [-0.05, 0) is 42.7 Å². The van der Waals surface area contributed by atoms with Crippen LogP contribution in [0.1, 0.15) is 31.9 Å². The van der Waals surface area contributed by atoms with Crippen LogP contribution in [0.3, 0.4) is 0 Å². The predicted octanol–water partition coefficient (Wildman–Crippen LogP) is 3.67. The van der Waals surface area contributed by atoms with Gasteiger partial charge in [-0.2, -0.15) is 0 Å². The van der Waals surface area contributed by atoms with E-state index in [-0.39, 0.29) is 0 Å². The fourth-order valence-electron chi connectivity index (χ4n) is 2.85. The molecule has 2 nitrogen and oxygen atoms in total. The van der Waals surface area contributed by atoms with E-state index in [1.165, 1.54) is 16.3 Å². The SMILES string of the molecule is CC(NC1CCOC1C)c1ccc2ccccc2c1. The molecule has 0 saturated carbocycles. The topological polar surface area (TPSA) is 21.3 Å². The van der Waals surface area contributed by atoms with Gasteiger partial charge >= 0.3 is 0 Å². The van der Waals surface area contributed by atoms with E-state index in [2.05, 4.69) is 61.6 Å². The van der Waals surface area contributed by atoms with Crippen LogP contribution in [-0.4, -0.2) is 18.8 Å². The van der Waals surface area contributed by atoms with E-state index in [4.69, 9.17) is 4.74 Å². The summed E-state index contributed by atoms with van der Waals surface area (Å²) in [5.41, 5.74) is 1.35. The third kappa shape index (κ3) is 2.65. The van der Waals surface area contributed by atoms with E-state index in [0.29, 0.717) is 18.2 Å². The molecule has 0 aliphatic carbocycles. The molecule has 0 aromatic heterocycles. The highest BCUT2D eigenvalue weighted by Crippen LogP contribution is 2.22. The first kappa shape index (κ1) is 12.6. The molecule has 3 atom stereocenters. The summed E-state index contributed by atoms with van der Waals surface area (Å²) >= 11 is 0. The second-order valence-corrected chi connectivity index (χ2v) is 5.47. The maximum atomic E-state index is 5.61. The molecular formula is C17H21NO. The molecule has 1 N–H and O–H groups in total. The van der Waals surface area contributed by atoms with Crippen molar-refractivity contribution in [2.24, 2.45) is 0 Å². The smallest absolute Gasteiger partial charge is 0.0700 e. The van der Waals surface area contributed by atoms with Gasteiger partial charge in [0.25, 0.3) is 0 Å². The molecule has 1 fully saturated rings. The Morgan fingerprint density at radius 1 is 1.16 bits per heavy atom. The van der Waals surface area contributed by atoms with Crippen molar-refractivity contribution < 1.29 is 4.74 Å². The molecule has 3 unspecified atom stereocenters. The van der Waals surface area contributed by atoms with Gasteiger partial charge in [-0.1, -0.05) is 36.4 Å². The van der Waals surface area contributed by atoms with E-state index in [1.807, 2.05) is 0 Å². The van der Waals surface area contributed by atoms with Gasteiger partial charge < -0.3 is 10.1 Å². The minimum atomic E-state index is 0.322. The largest absolute Gasteiger partial charge is 0.377 e. The minimum Gasteiger partial charge on any atom is -0.377 e. The normalized spacial score (nSPS) is 24.7. The molecule has 1 saturated heterocycles.